The molecule has 0 aromatic heterocycles. The zero-order chi connectivity index (χ0) is 33.2. The first kappa shape index (κ1) is 44.0. The number of nitrogens with zero attached hydrogens (tertiary/aromatic N) is 2. The SMILES string of the molecule is CC(C)CCCC(CCC(C)C)OC(=O)CCCCN(C)C.CC(C)CCCC(CCC(C)C)OC(=O)CCCN(C)C. The Balaban J connectivity index is 0. The Labute approximate surface area is 269 Å². The molecule has 0 saturated heterocycles. The van der Waals surface area contributed by atoms with Crippen molar-refractivity contribution >= 4 is 11.9 Å². The van der Waals surface area contributed by atoms with Crippen molar-refractivity contribution < 1.29 is 19.1 Å². The van der Waals surface area contributed by atoms with Crippen molar-refractivity contribution in [2.24, 2.45) is 23.7 Å². The van der Waals surface area contributed by atoms with Crippen LogP contribution in [0.3, 0.4) is 0 Å². The lowest BCUT2D eigenvalue weighted by molar-refractivity contribution is -0.151. The molecule has 0 amide bonds. The highest BCUT2D eigenvalue weighted by Gasteiger charge is 2.16. The predicted octanol–water partition coefficient (Wildman–Crippen LogP) is 9.40. The van der Waals surface area contributed by atoms with Crippen LogP contribution in [0.15, 0.2) is 0 Å². The van der Waals surface area contributed by atoms with Gasteiger partial charge in [-0.15, -0.1) is 0 Å². The molecule has 2 unspecified atom stereocenters. The van der Waals surface area contributed by atoms with E-state index in [1.807, 2.05) is 14.1 Å². The summed E-state index contributed by atoms with van der Waals surface area (Å²) < 4.78 is 11.4. The van der Waals surface area contributed by atoms with Crippen LogP contribution in [0.2, 0.25) is 0 Å². The van der Waals surface area contributed by atoms with Gasteiger partial charge in [0.1, 0.15) is 12.2 Å². The normalized spacial score (nSPS) is 13.2. The van der Waals surface area contributed by atoms with Gasteiger partial charge in [-0.1, -0.05) is 68.2 Å². The van der Waals surface area contributed by atoms with E-state index in [0.29, 0.717) is 24.7 Å². The molecule has 6 nitrogen and oxygen atoms in total. The molecule has 0 heterocycles. The molecule has 6 heteroatoms. The van der Waals surface area contributed by atoms with E-state index in [1.165, 1.54) is 12.8 Å². The number of hydrogen-bond acceptors (Lipinski definition) is 6. The van der Waals surface area contributed by atoms with Crippen molar-refractivity contribution in [1.82, 2.24) is 9.80 Å². The highest BCUT2D eigenvalue weighted by atomic mass is 16.5. The summed E-state index contributed by atoms with van der Waals surface area (Å²) >= 11 is 0. The maximum Gasteiger partial charge on any atom is 0.306 e. The minimum Gasteiger partial charge on any atom is -0.462 e. The van der Waals surface area contributed by atoms with Crippen LogP contribution < -0.4 is 0 Å². The fourth-order valence-electron chi connectivity index (χ4n) is 4.80. The molecule has 0 rings (SSSR count). The number of esters is 2. The van der Waals surface area contributed by atoms with Crippen molar-refractivity contribution in [3.63, 3.8) is 0 Å². The zero-order valence-electron chi connectivity index (χ0n) is 31.0. The van der Waals surface area contributed by atoms with Crippen LogP contribution in [0.4, 0.5) is 0 Å². The largest absolute Gasteiger partial charge is 0.462 e. The molecule has 0 aliphatic carbocycles. The highest BCUT2D eigenvalue weighted by Crippen LogP contribution is 2.19. The van der Waals surface area contributed by atoms with Crippen molar-refractivity contribution in [1.29, 1.82) is 0 Å². The lowest BCUT2D eigenvalue weighted by Gasteiger charge is -2.20. The number of hydrogen-bond donors (Lipinski definition) is 0. The Hall–Kier alpha value is -1.14. The second-order valence-corrected chi connectivity index (χ2v) is 15.0. The number of ether oxygens (including phenoxy) is 2. The lowest BCUT2D eigenvalue weighted by Crippen LogP contribution is -2.20. The Bertz CT molecular complexity index is 647. The van der Waals surface area contributed by atoms with Crippen LogP contribution in [0.25, 0.3) is 0 Å². The molecule has 0 aliphatic rings. The maximum atomic E-state index is 12.0. The van der Waals surface area contributed by atoms with E-state index in [4.69, 9.17) is 9.47 Å². The molecule has 0 spiro atoms. The van der Waals surface area contributed by atoms with Crippen LogP contribution in [0, 0.1) is 23.7 Å². The van der Waals surface area contributed by atoms with Gasteiger partial charge in [-0.05, 0) is 136 Å². The van der Waals surface area contributed by atoms with Crippen LogP contribution >= 0.6 is 0 Å². The Kier molecular flexibility index (Phi) is 29.0. The molecule has 0 N–H and O–H groups in total. The summed E-state index contributed by atoms with van der Waals surface area (Å²) in [5.74, 6) is 2.78. The molecular formula is C37H76N2O4. The molecule has 0 aliphatic heterocycles. The molecule has 0 aromatic rings. The van der Waals surface area contributed by atoms with Crippen LogP contribution in [0.5, 0.6) is 0 Å². The first-order chi connectivity index (χ1) is 20.1. The van der Waals surface area contributed by atoms with Gasteiger partial charge in [-0.3, -0.25) is 9.59 Å². The summed E-state index contributed by atoms with van der Waals surface area (Å²) in [6, 6.07) is 0. The third kappa shape index (κ3) is 35.2. The summed E-state index contributed by atoms with van der Waals surface area (Å²) in [5.41, 5.74) is 0. The topological polar surface area (TPSA) is 59.1 Å². The highest BCUT2D eigenvalue weighted by molar-refractivity contribution is 5.69. The molecule has 0 saturated carbocycles. The number of carbonyl (C=O) groups is 2. The van der Waals surface area contributed by atoms with Gasteiger partial charge in [0.15, 0.2) is 0 Å². The summed E-state index contributed by atoms with van der Waals surface area (Å²) in [4.78, 5) is 28.2. The maximum absolute atomic E-state index is 12.0. The first-order valence-corrected chi connectivity index (χ1v) is 17.8. The zero-order valence-corrected chi connectivity index (χ0v) is 31.0. The number of unbranched alkanes of at least 4 members (excludes halogenated alkanes) is 1. The van der Waals surface area contributed by atoms with Gasteiger partial charge in [0.05, 0.1) is 0 Å². The van der Waals surface area contributed by atoms with Gasteiger partial charge in [0.2, 0.25) is 0 Å². The second kappa shape index (κ2) is 28.3. The summed E-state index contributed by atoms with van der Waals surface area (Å²) in [5, 5.41) is 0. The fourth-order valence-corrected chi connectivity index (χ4v) is 4.80. The van der Waals surface area contributed by atoms with Crippen molar-refractivity contribution in [2.75, 3.05) is 41.3 Å². The molecule has 43 heavy (non-hydrogen) atoms. The van der Waals surface area contributed by atoms with Crippen molar-refractivity contribution in [3.8, 4) is 0 Å². The summed E-state index contributed by atoms with van der Waals surface area (Å²) in [6.07, 6.45) is 15.3. The lowest BCUT2D eigenvalue weighted by atomic mass is 9.99. The molecule has 258 valence electrons. The minimum atomic E-state index is -0.0184. The summed E-state index contributed by atoms with van der Waals surface area (Å²) in [6.45, 7) is 19.9. The van der Waals surface area contributed by atoms with Crippen LogP contribution in [0.1, 0.15) is 152 Å². The Morgan fingerprint density at radius 1 is 0.442 bits per heavy atom. The van der Waals surface area contributed by atoms with Crippen molar-refractivity contribution in [2.45, 2.75) is 164 Å². The number of carbonyl (C=O) groups excluding carboxylic acids is 2. The van der Waals surface area contributed by atoms with Gasteiger partial charge < -0.3 is 19.3 Å². The monoisotopic (exact) mass is 613 g/mol. The van der Waals surface area contributed by atoms with Gasteiger partial charge in [0.25, 0.3) is 0 Å². The minimum absolute atomic E-state index is 0.00272. The Morgan fingerprint density at radius 3 is 1.14 bits per heavy atom. The van der Waals surface area contributed by atoms with E-state index < -0.39 is 0 Å². The molecule has 0 aromatic carbocycles. The first-order valence-electron chi connectivity index (χ1n) is 17.8. The Morgan fingerprint density at radius 2 is 0.791 bits per heavy atom. The van der Waals surface area contributed by atoms with Gasteiger partial charge in [-0.25, -0.2) is 0 Å². The van der Waals surface area contributed by atoms with E-state index in [0.717, 1.165) is 95.6 Å². The van der Waals surface area contributed by atoms with E-state index in [-0.39, 0.29) is 24.1 Å². The van der Waals surface area contributed by atoms with E-state index in [9.17, 15) is 9.59 Å². The molecule has 0 fully saturated rings. The van der Waals surface area contributed by atoms with E-state index in [2.05, 4.69) is 79.3 Å². The van der Waals surface area contributed by atoms with Gasteiger partial charge >= 0.3 is 11.9 Å². The third-order valence-corrected chi connectivity index (χ3v) is 7.57. The standard InChI is InChI=1S/C19H39NO2.C18H37NO2/c1-16(2)10-9-11-18(14-13-17(3)4)22-19(21)12-7-8-15-20(5)6;1-15(2)9-7-10-17(13-12-16(3)4)21-18(20)11-8-14-19(5)6/h16-18H,7-15H2,1-6H3;15-17H,7-14H2,1-6H3. The van der Waals surface area contributed by atoms with Gasteiger partial charge in [0, 0.05) is 12.8 Å². The predicted molar refractivity (Wildman–Crippen MR) is 185 cm³/mol. The molecular weight excluding hydrogens is 536 g/mol. The van der Waals surface area contributed by atoms with Crippen LogP contribution in [-0.4, -0.2) is 75.2 Å². The molecule has 0 bridgehead atoms. The molecule has 2 atom stereocenters. The number of rotatable bonds is 25. The quantitative estimate of drug-likeness (QED) is 0.0756. The summed E-state index contributed by atoms with van der Waals surface area (Å²) in [7, 11) is 8.19. The van der Waals surface area contributed by atoms with Gasteiger partial charge in [-0.2, -0.15) is 0 Å². The molecule has 0 radical (unpaired) electrons. The smallest absolute Gasteiger partial charge is 0.306 e. The third-order valence-electron chi connectivity index (χ3n) is 7.57. The second-order valence-electron chi connectivity index (χ2n) is 15.0. The van der Waals surface area contributed by atoms with Crippen LogP contribution in [-0.2, 0) is 19.1 Å². The average Bonchev–Trinajstić information content (AvgIpc) is 2.87. The van der Waals surface area contributed by atoms with E-state index in [1.54, 1.807) is 0 Å². The van der Waals surface area contributed by atoms with E-state index >= 15 is 0 Å². The average molecular weight is 613 g/mol. The fraction of sp³-hybridized carbons (Fsp3) is 0.946. The van der Waals surface area contributed by atoms with Crippen molar-refractivity contribution in [3.05, 3.63) is 0 Å².